The number of rotatable bonds is 4. The average Bonchev–Trinajstić information content (AvgIpc) is 2.99. The van der Waals surface area contributed by atoms with Crippen molar-refractivity contribution >= 4 is 5.91 Å². The van der Waals surface area contributed by atoms with Crippen LogP contribution >= 0.6 is 0 Å². The Labute approximate surface area is 162 Å². The SMILES string of the molecule is CC(C)N1CC[C@@]2(c3ccccc3)CCN(Cc3ccncc3)C(=O)C[C@H]12. The molecule has 2 aromatic rings. The van der Waals surface area contributed by atoms with Gasteiger partial charge in [0.1, 0.15) is 0 Å². The summed E-state index contributed by atoms with van der Waals surface area (Å²) in [4.78, 5) is 21.9. The van der Waals surface area contributed by atoms with E-state index in [1.54, 1.807) is 12.4 Å². The summed E-state index contributed by atoms with van der Waals surface area (Å²) in [6, 6.07) is 15.6. The zero-order valence-electron chi connectivity index (χ0n) is 16.3. The molecular formula is C23H29N3O. The van der Waals surface area contributed by atoms with E-state index in [4.69, 9.17) is 0 Å². The number of carbonyl (C=O) groups is 1. The van der Waals surface area contributed by atoms with Crippen molar-refractivity contribution in [2.75, 3.05) is 13.1 Å². The number of nitrogens with zero attached hydrogens (tertiary/aromatic N) is 3. The van der Waals surface area contributed by atoms with E-state index in [-0.39, 0.29) is 17.4 Å². The maximum Gasteiger partial charge on any atom is 0.224 e. The average molecular weight is 364 g/mol. The lowest BCUT2D eigenvalue weighted by molar-refractivity contribution is -0.132. The minimum Gasteiger partial charge on any atom is -0.338 e. The fourth-order valence-corrected chi connectivity index (χ4v) is 5.07. The predicted molar refractivity (Wildman–Crippen MR) is 107 cm³/mol. The molecule has 0 bridgehead atoms. The van der Waals surface area contributed by atoms with Crippen molar-refractivity contribution in [2.45, 2.75) is 57.2 Å². The smallest absolute Gasteiger partial charge is 0.224 e. The Balaban J connectivity index is 1.65. The Kier molecular flexibility index (Phi) is 5.00. The Bertz CT molecular complexity index is 777. The van der Waals surface area contributed by atoms with Gasteiger partial charge in [0, 0.05) is 49.4 Å². The van der Waals surface area contributed by atoms with E-state index in [9.17, 15) is 4.79 Å². The van der Waals surface area contributed by atoms with Crippen molar-refractivity contribution in [3.05, 3.63) is 66.0 Å². The first-order valence-corrected chi connectivity index (χ1v) is 10.1. The quantitative estimate of drug-likeness (QED) is 0.832. The fraction of sp³-hybridized carbons (Fsp3) is 0.478. The summed E-state index contributed by atoms with van der Waals surface area (Å²) in [6.07, 6.45) is 6.38. The molecule has 4 rings (SSSR count). The van der Waals surface area contributed by atoms with Gasteiger partial charge in [-0.25, -0.2) is 0 Å². The second-order valence-corrected chi connectivity index (χ2v) is 8.24. The second-order valence-electron chi connectivity index (χ2n) is 8.24. The van der Waals surface area contributed by atoms with Crippen molar-refractivity contribution in [1.82, 2.24) is 14.8 Å². The van der Waals surface area contributed by atoms with E-state index >= 15 is 0 Å². The van der Waals surface area contributed by atoms with Gasteiger partial charge in [-0.1, -0.05) is 30.3 Å². The van der Waals surface area contributed by atoms with Gasteiger partial charge < -0.3 is 4.90 Å². The van der Waals surface area contributed by atoms with E-state index in [1.165, 1.54) is 5.56 Å². The number of likely N-dealkylation sites (tertiary alicyclic amines) is 2. The number of hydrogen-bond donors (Lipinski definition) is 0. The second kappa shape index (κ2) is 7.43. The van der Waals surface area contributed by atoms with Crippen molar-refractivity contribution in [2.24, 2.45) is 0 Å². The molecule has 3 heterocycles. The van der Waals surface area contributed by atoms with Crippen LogP contribution in [0.1, 0.15) is 44.2 Å². The van der Waals surface area contributed by atoms with Crippen LogP contribution in [0.5, 0.6) is 0 Å². The zero-order chi connectivity index (χ0) is 18.9. The molecule has 2 aliphatic heterocycles. The van der Waals surface area contributed by atoms with Crippen LogP contribution in [0.15, 0.2) is 54.9 Å². The number of aromatic nitrogens is 1. The molecule has 142 valence electrons. The van der Waals surface area contributed by atoms with Gasteiger partial charge in [-0.3, -0.25) is 14.7 Å². The molecule has 0 saturated carbocycles. The summed E-state index contributed by atoms with van der Waals surface area (Å²) in [5.74, 6) is 0.280. The molecule has 27 heavy (non-hydrogen) atoms. The number of fused-ring (bicyclic) bond motifs is 1. The maximum atomic E-state index is 13.2. The molecule has 1 aromatic carbocycles. The summed E-state index contributed by atoms with van der Waals surface area (Å²) in [5.41, 5.74) is 2.63. The number of benzene rings is 1. The van der Waals surface area contributed by atoms with E-state index in [0.29, 0.717) is 19.0 Å². The van der Waals surface area contributed by atoms with Crippen molar-refractivity contribution in [1.29, 1.82) is 0 Å². The fourth-order valence-electron chi connectivity index (χ4n) is 5.07. The third-order valence-corrected chi connectivity index (χ3v) is 6.54. The van der Waals surface area contributed by atoms with Crippen LogP contribution in [0.4, 0.5) is 0 Å². The third kappa shape index (κ3) is 3.39. The lowest BCUT2D eigenvalue weighted by atomic mass is 9.71. The van der Waals surface area contributed by atoms with Crippen LogP contribution in [0.25, 0.3) is 0 Å². The molecule has 0 unspecified atom stereocenters. The Hall–Kier alpha value is -2.20. The van der Waals surface area contributed by atoms with Gasteiger partial charge in [0.15, 0.2) is 0 Å². The first-order valence-electron chi connectivity index (χ1n) is 10.1. The molecule has 0 N–H and O–H groups in total. The van der Waals surface area contributed by atoms with Crippen molar-refractivity contribution in [3.8, 4) is 0 Å². The molecule has 2 atom stereocenters. The Morgan fingerprint density at radius 2 is 1.78 bits per heavy atom. The molecular weight excluding hydrogens is 334 g/mol. The third-order valence-electron chi connectivity index (χ3n) is 6.54. The van der Waals surface area contributed by atoms with Gasteiger partial charge in [-0.05, 0) is 56.5 Å². The summed E-state index contributed by atoms with van der Waals surface area (Å²) in [5, 5.41) is 0. The van der Waals surface area contributed by atoms with E-state index < -0.39 is 0 Å². The van der Waals surface area contributed by atoms with Crippen molar-refractivity contribution in [3.63, 3.8) is 0 Å². The molecule has 2 saturated heterocycles. The van der Waals surface area contributed by atoms with Gasteiger partial charge in [0.05, 0.1) is 0 Å². The lowest BCUT2D eigenvalue weighted by Crippen LogP contribution is -2.45. The Morgan fingerprint density at radius 1 is 1.07 bits per heavy atom. The number of hydrogen-bond acceptors (Lipinski definition) is 3. The molecule has 0 radical (unpaired) electrons. The molecule has 4 heteroatoms. The van der Waals surface area contributed by atoms with Gasteiger partial charge in [-0.15, -0.1) is 0 Å². The number of carbonyl (C=O) groups excluding carboxylic acids is 1. The standard InChI is InChI=1S/C23H29N3O/c1-18(2)26-15-11-23(20-6-4-3-5-7-20)10-14-25(22(27)16-21(23)26)17-19-8-12-24-13-9-19/h3-9,12-13,18,21H,10-11,14-17H2,1-2H3/t21-,23+/m0/s1. The maximum absolute atomic E-state index is 13.2. The molecule has 2 fully saturated rings. The summed E-state index contributed by atoms with van der Waals surface area (Å²) >= 11 is 0. The highest BCUT2D eigenvalue weighted by atomic mass is 16.2. The highest BCUT2D eigenvalue weighted by Crippen LogP contribution is 2.46. The summed E-state index contributed by atoms with van der Waals surface area (Å²) < 4.78 is 0. The first kappa shape index (κ1) is 18.2. The first-order chi connectivity index (χ1) is 13.1. The predicted octanol–water partition coefficient (Wildman–Crippen LogP) is 3.62. The normalized spacial score (nSPS) is 26.3. The van der Waals surface area contributed by atoms with Gasteiger partial charge in [0.25, 0.3) is 0 Å². The topological polar surface area (TPSA) is 36.4 Å². The molecule has 1 aromatic heterocycles. The number of amides is 1. The molecule has 2 aliphatic rings. The largest absolute Gasteiger partial charge is 0.338 e. The molecule has 0 aliphatic carbocycles. The van der Waals surface area contributed by atoms with Crippen LogP contribution in [-0.4, -0.2) is 45.9 Å². The van der Waals surface area contributed by atoms with E-state index in [2.05, 4.69) is 59.0 Å². The van der Waals surface area contributed by atoms with Gasteiger partial charge in [-0.2, -0.15) is 0 Å². The summed E-state index contributed by atoms with van der Waals surface area (Å²) in [7, 11) is 0. The van der Waals surface area contributed by atoms with Crippen molar-refractivity contribution < 1.29 is 4.79 Å². The zero-order valence-corrected chi connectivity index (χ0v) is 16.3. The van der Waals surface area contributed by atoms with Gasteiger partial charge >= 0.3 is 0 Å². The van der Waals surface area contributed by atoms with Crippen LogP contribution in [0.2, 0.25) is 0 Å². The summed E-state index contributed by atoms with van der Waals surface area (Å²) in [6.45, 7) is 7.09. The molecule has 1 amide bonds. The van der Waals surface area contributed by atoms with E-state index in [0.717, 1.165) is 31.5 Å². The van der Waals surface area contributed by atoms with Crippen LogP contribution in [0, 0.1) is 0 Å². The van der Waals surface area contributed by atoms with Gasteiger partial charge in [0.2, 0.25) is 5.91 Å². The highest BCUT2D eigenvalue weighted by Gasteiger charge is 2.51. The monoisotopic (exact) mass is 363 g/mol. The number of pyridine rings is 1. The Morgan fingerprint density at radius 3 is 2.48 bits per heavy atom. The molecule has 0 spiro atoms. The molecule has 4 nitrogen and oxygen atoms in total. The van der Waals surface area contributed by atoms with E-state index in [1.807, 2.05) is 12.1 Å². The van der Waals surface area contributed by atoms with Crippen LogP contribution in [-0.2, 0) is 16.8 Å². The lowest BCUT2D eigenvalue weighted by Gasteiger charge is -2.38. The minimum absolute atomic E-state index is 0.0776. The van der Waals surface area contributed by atoms with Crippen LogP contribution in [0.3, 0.4) is 0 Å². The highest BCUT2D eigenvalue weighted by molar-refractivity contribution is 5.78. The minimum atomic E-state index is 0.0776. The van der Waals surface area contributed by atoms with Crippen LogP contribution < -0.4 is 0 Å².